The molecule has 1 saturated heterocycles. The van der Waals surface area contributed by atoms with Crippen LogP contribution in [0.15, 0.2) is 42.5 Å². The summed E-state index contributed by atoms with van der Waals surface area (Å²) in [6.07, 6.45) is 0.0146. The lowest BCUT2D eigenvalue weighted by Crippen LogP contribution is -2.43. The Kier molecular flexibility index (Phi) is 6.91. The summed E-state index contributed by atoms with van der Waals surface area (Å²) in [5.74, 6) is -2.72. The van der Waals surface area contributed by atoms with Crippen LogP contribution in [0.5, 0.6) is 0 Å². The number of halogens is 1. The summed E-state index contributed by atoms with van der Waals surface area (Å²) in [6, 6.07) is 11.8. The topological polar surface area (TPSA) is 105 Å². The number of rotatable bonds is 5. The summed E-state index contributed by atoms with van der Waals surface area (Å²) in [6.45, 7) is 3.55. The molecular formula is C22H22ClN3O5. The fraction of sp³-hybridized carbons (Fsp3) is 0.273. The number of hydrogen-bond donors (Lipinski definition) is 2. The molecule has 31 heavy (non-hydrogen) atoms. The van der Waals surface area contributed by atoms with Gasteiger partial charge in [0.25, 0.3) is 11.8 Å². The molecule has 3 amide bonds. The van der Waals surface area contributed by atoms with Crippen LogP contribution in [0.3, 0.4) is 0 Å². The molecule has 2 aromatic carbocycles. The van der Waals surface area contributed by atoms with E-state index in [4.69, 9.17) is 16.3 Å². The van der Waals surface area contributed by atoms with Crippen molar-refractivity contribution in [2.45, 2.75) is 20.3 Å². The Bertz CT molecular complexity index is 1020. The molecule has 8 nitrogen and oxygen atoms in total. The van der Waals surface area contributed by atoms with E-state index in [1.54, 1.807) is 17.0 Å². The maximum absolute atomic E-state index is 12.3. The number of carbonyl (C=O) groups excluding carboxylic acids is 4. The molecule has 2 N–H and O–H groups in total. The van der Waals surface area contributed by atoms with E-state index >= 15 is 0 Å². The first-order valence-corrected chi connectivity index (χ1v) is 10.0. The van der Waals surface area contributed by atoms with Crippen LogP contribution in [0, 0.1) is 19.8 Å². The predicted octanol–water partition coefficient (Wildman–Crippen LogP) is 2.31. The van der Waals surface area contributed by atoms with Crippen LogP contribution < -0.4 is 15.8 Å². The zero-order valence-electron chi connectivity index (χ0n) is 17.1. The maximum Gasteiger partial charge on any atom is 0.311 e. The standard InChI is InChI=1S/C22H22ClN3O5/c1-13-3-8-18(9-14(13)2)26-11-16(10-20(26)28)22(30)31-12-19(27)24-25-21(29)15-4-6-17(23)7-5-15/h3-9,16H,10-12H2,1-2H3,(H,24,27)(H,25,29)/t16-/m0/s1. The molecule has 0 bridgehead atoms. The Morgan fingerprint density at radius 1 is 1.06 bits per heavy atom. The molecule has 0 saturated carbocycles. The molecule has 9 heteroatoms. The zero-order chi connectivity index (χ0) is 22.5. The van der Waals surface area contributed by atoms with Gasteiger partial charge in [0, 0.05) is 29.2 Å². The number of benzene rings is 2. The normalized spacial score (nSPS) is 15.5. The van der Waals surface area contributed by atoms with Crippen LogP contribution >= 0.6 is 11.6 Å². The molecule has 3 rings (SSSR count). The average Bonchev–Trinajstić information content (AvgIpc) is 3.14. The van der Waals surface area contributed by atoms with Gasteiger partial charge in [0.2, 0.25) is 5.91 Å². The lowest BCUT2D eigenvalue weighted by molar-refractivity contribution is -0.152. The molecular weight excluding hydrogens is 422 g/mol. The van der Waals surface area contributed by atoms with Crippen molar-refractivity contribution < 1.29 is 23.9 Å². The number of amides is 3. The molecule has 1 aliphatic heterocycles. The van der Waals surface area contributed by atoms with E-state index in [0.29, 0.717) is 10.6 Å². The highest BCUT2D eigenvalue weighted by molar-refractivity contribution is 6.30. The molecule has 1 aliphatic rings. The van der Waals surface area contributed by atoms with Gasteiger partial charge in [-0.15, -0.1) is 0 Å². The van der Waals surface area contributed by atoms with Crippen molar-refractivity contribution in [1.82, 2.24) is 10.9 Å². The summed E-state index contributed by atoms with van der Waals surface area (Å²) < 4.78 is 5.02. The maximum atomic E-state index is 12.3. The van der Waals surface area contributed by atoms with Crippen LogP contribution in [0.2, 0.25) is 5.02 Å². The van der Waals surface area contributed by atoms with Crippen molar-refractivity contribution >= 4 is 41.0 Å². The Morgan fingerprint density at radius 3 is 2.45 bits per heavy atom. The van der Waals surface area contributed by atoms with Crippen molar-refractivity contribution in [3.05, 3.63) is 64.2 Å². The fourth-order valence-electron chi connectivity index (χ4n) is 3.10. The molecule has 0 aromatic heterocycles. The van der Waals surface area contributed by atoms with Gasteiger partial charge in [-0.3, -0.25) is 30.0 Å². The highest BCUT2D eigenvalue weighted by Gasteiger charge is 2.36. The van der Waals surface area contributed by atoms with E-state index in [2.05, 4.69) is 10.9 Å². The third-order valence-electron chi connectivity index (χ3n) is 5.03. The lowest BCUT2D eigenvalue weighted by Gasteiger charge is -2.17. The van der Waals surface area contributed by atoms with Gasteiger partial charge in [-0.05, 0) is 61.4 Å². The number of anilines is 1. The Hall–Kier alpha value is -3.39. The van der Waals surface area contributed by atoms with Crippen molar-refractivity contribution in [2.24, 2.45) is 5.92 Å². The van der Waals surface area contributed by atoms with Crippen molar-refractivity contribution in [2.75, 3.05) is 18.1 Å². The number of nitrogens with one attached hydrogen (secondary N) is 2. The highest BCUT2D eigenvalue weighted by Crippen LogP contribution is 2.27. The van der Waals surface area contributed by atoms with Crippen molar-refractivity contribution in [3.63, 3.8) is 0 Å². The fourth-order valence-corrected chi connectivity index (χ4v) is 3.22. The SMILES string of the molecule is Cc1ccc(N2C[C@@H](C(=O)OCC(=O)NNC(=O)c3ccc(Cl)cc3)CC2=O)cc1C. The summed E-state index contributed by atoms with van der Waals surface area (Å²) >= 11 is 5.76. The van der Waals surface area contributed by atoms with E-state index in [1.165, 1.54) is 12.1 Å². The largest absolute Gasteiger partial charge is 0.455 e. The van der Waals surface area contributed by atoms with Crippen LogP contribution in [0.1, 0.15) is 27.9 Å². The quantitative estimate of drug-likeness (QED) is 0.545. The van der Waals surface area contributed by atoms with Gasteiger partial charge in [0.05, 0.1) is 5.92 Å². The molecule has 2 aromatic rings. The minimum Gasteiger partial charge on any atom is -0.455 e. The van der Waals surface area contributed by atoms with Crippen LogP contribution in [-0.2, 0) is 19.1 Å². The van der Waals surface area contributed by atoms with Gasteiger partial charge in [-0.25, -0.2) is 0 Å². The minimum absolute atomic E-state index is 0.0146. The van der Waals surface area contributed by atoms with Gasteiger partial charge in [-0.1, -0.05) is 17.7 Å². The molecule has 162 valence electrons. The first-order chi connectivity index (χ1) is 14.7. The number of hydrogen-bond acceptors (Lipinski definition) is 5. The van der Waals surface area contributed by atoms with E-state index in [1.807, 2.05) is 32.0 Å². The monoisotopic (exact) mass is 443 g/mol. The first-order valence-electron chi connectivity index (χ1n) is 9.63. The van der Waals surface area contributed by atoms with Gasteiger partial charge < -0.3 is 9.64 Å². The number of hydrazine groups is 1. The number of carbonyl (C=O) groups is 4. The van der Waals surface area contributed by atoms with Gasteiger partial charge in [-0.2, -0.15) is 0 Å². The third-order valence-corrected chi connectivity index (χ3v) is 5.28. The van der Waals surface area contributed by atoms with Gasteiger partial charge in [0.1, 0.15) is 0 Å². The van der Waals surface area contributed by atoms with E-state index in [-0.39, 0.29) is 18.9 Å². The number of ether oxygens (including phenoxy) is 1. The van der Waals surface area contributed by atoms with Crippen LogP contribution in [0.25, 0.3) is 0 Å². The number of esters is 1. The smallest absolute Gasteiger partial charge is 0.311 e. The van der Waals surface area contributed by atoms with Crippen molar-refractivity contribution in [1.29, 1.82) is 0 Å². The molecule has 0 spiro atoms. The van der Waals surface area contributed by atoms with E-state index in [9.17, 15) is 19.2 Å². The summed E-state index contributed by atoms with van der Waals surface area (Å²) in [4.78, 5) is 50.0. The Morgan fingerprint density at radius 2 is 1.77 bits per heavy atom. The predicted molar refractivity (Wildman–Crippen MR) is 114 cm³/mol. The van der Waals surface area contributed by atoms with Crippen molar-refractivity contribution in [3.8, 4) is 0 Å². The molecule has 1 heterocycles. The number of nitrogens with zero attached hydrogens (tertiary/aromatic N) is 1. The molecule has 0 unspecified atom stereocenters. The molecule has 0 aliphatic carbocycles. The van der Waals surface area contributed by atoms with Gasteiger partial charge in [0.15, 0.2) is 6.61 Å². The second kappa shape index (κ2) is 9.61. The van der Waals surface area contributed by atoms with E-state index < -0.39 is 30.3 Å². The molecule has 1 atom stereocenters. The lowest BCUT2D eigenvalue weighted by atomic mass is 10.1. The van der Waals surface area contributed by atoms with Crippen LogP contribution in [0.4, 0.5) is 5.69 Å². The summed E-state index contributed by atoms with van der Waals surface area (Å²) in [7, 11) is 0. The average molecular weight is 444 g/mol. The van der Waals surface area contributed by atoms with Gasteiger partial charge >= 0.3 is 5.97 Å². The second-order valence-electron chi connectivity index (χ2n) is 7.29. The first kappa shape index (κ1) is 22.3. The summed E-state index contributed by atoms with van der Waals surface area (Å²) in [5.41, 5.74) is 7.58. The molecule has 1 fully saturated rings. The Balaban J connectivity index is 1.46. The molecule has 0 radical (unpaired) electrons. The number of aryl methyl sites for hydroxylation is 2. The minimum atomic E-state index is -0.703. The highest BCUT2D eigenvalue weighted by atomic mass is 35.5. The van der Waals surface area contributed by atoms with Crippen LogP contribution in [-0.4, -0.2) is 36.8 Å². The summed E-state index contributed by atoms with van der Waals surface area (Å²) in [5, 5.41) is 0.481. The van der Waals surface area contributed by atoms with E-state index in [0.717, 1.165) is 16.8 Å². The Labute approximate surface area is 184 Å². The third kappa shape index (κ3) is 5.61. The second-order valence-corrected chi connectivity index (χ2v) is 7.73. The zero-order valence-corrected chi connectivity index (χ0v) is 17.9.